The van der Waals surface area contributed by atoms with Gasteiger partial charge in [-0.1, -0.05) is 44.0 Å². The molecule has 0 aliphatic rings. The number of alkyl halides is 3. The Bertz CT molecular complexity index is 274. The third kappa shape index (κ3) is 2.26. The Kier molecular flexibility index (Phi) is 3.23. The summed E-state index contributed by atoms with van der Waals surface area (Å²) in [6.07, 6.45) is 0. The van der Waals surface area contributed by atoms with Gasteiger partial charge in [-0.3, -0.25) is 0 Å². The van der Waals surface area contributed by atoms with Gasteiger partial charge in [0, 0.05) is 10.0 Å². The maximum atomic E-state index is 13.0. The number of halogens is 4. The van der Waals surface area contributed by atoms with E-state index in [1.807, 2.05) is 0 Å². The summed E-state index contributed by atoms with van der Waals surface area (Å²) in [5, 5.41) is -0.351. The highest BCUT2D eigenvalue weighted by atomic mass is 79.9. The van der Waals surface area contributed by atoms with Gasteiger partial charge in [0.2, 0.25) is 0 Å². The second-order valence-corrected chi connectivity index (χ2v) is 3.82. The summed E-state index contributed by atoms with van der Waals surface area (Å²) in [5.74, 6) is -2.79. The average Bonchev–Trinajstić information content (AvgIpc) is 2.05. The molecule has 0 amide bonds. The predicted molar refractivity (Wildman–Crippen MR) is 51.8 cm³/mol. The van der Waals surface area contributed by atoms with Crippen LogP contribution < -0.4 is 0 Å². The van der Waals surface area contributed by atoms with Gasteiger partial charge in [0.15, 0.2) is 0 Å². The zero-order valence-electron chi connectivity index (χ0n) is 6.03. The molecule has 0 nitrogen and oxygen atoms in total. The van der Waals surface area contributed by atoms with E-state index in [0.29, 0.717) is 4.47 Å². The van der Waals surface area contributed by atoms with E-state index in [9.17, 15) is 8.78 Å². The molecule has 0 aliphatic heterocycles. The van der Waals surface area contributed by atoms with Crippen LogP contribution in [0.3, 0.4) is 0 Å². The molecule has 12 heavy (non-hydrogen) atoms. The summed E-state index contributed by atoms with van der Waals surface area (Å²) >= 11 is 5.90. The standard InChI is InChI=1S/C8H6Br2F2/c9-5-8(11,12)6-2-1-3-7(10)4-6/h1-4H,5H2. The molecule has 0 aromatic heterocycles. The van der Waals surface area contributed by atoms with Gasteiger partial charge < -0.3 is 0 Å². The van der Waals surface area contributed by atoms with Crippen LogP contribution in [0.25, 0.3) is 0 Å². The quantitative estimate of drug-likeness (QED) is 0.726. The van der Waals surface area contributed by atoms with Crippen molar-refractivity contribution >= 4 is 31.9 Å². The molecule has 1 aromatic carbocycles. The molecule has 0 fully saturated rings. The van der Waals surface area contributed by atoms with Crippen molar-refractivity contribution in [3.8, 4) is 0 Å². The highest BCUT2D eigenvalue weighted by Gasteiger charge is 2.29. The van der Waals surface area contributed by atoms with Crippen LogP contribution >= 0.6 is 31.9 Å². The summed E-state index contributed by atoms with van der Waals surface area (Å²) in [7, 11) is 0. The Morgan fingerprint density at radius 2 is 2.00 bits per heavy atom. The Morgan fingerprint density at radius 3 is 2.50 bits per heavy atom. The molecule has 0 spiro atoms. The van der Waals surface area contributed by atoms with Gasteiger partial charge in [0.05, 0.1) is 5.33 Å². The van der Waals surface area contributed by atoms with Crippen LogP contribution in [0.15, 0.2) is 28.7 Å². The number of hydrogen-bond acceptors (Lipinski definition) is 0. The molecule has 0 unspecified atom stereocenters. The summed E-state index contributed by atoms with van der Waals surface area (Å²) in [4.78, 5) is 0. The predicted octanol–water partition coefficient (Wildman–Crippen LogP) is 3.94. The van der Waals surface area contributed by atoms with Crippen LogP contribution in [-0.4, -0.2) is 5.33 Å². The van der Waals surface area contributed by atoms with Crippen molar-refractivity contribution in [3.05, 3.63) is 34.3 Å². The topological polar surface area (TPSA) is 0 Å². The normalized spacial score (nSPS) is 11.7. The highest BCUT2D eigenvalue weighted by molar-refractivity contribution is 9.10. The zero-order chi connectivity index (χ0) is 9.19. The van der Waals surface area contributed by atoms with E-state index in [1.54, 1.807) is 12.1 Å². The molecule has 0 atom stereocenters. The van der Waals surface area contributed by atoms with Gasteiger partial charge in [-0.2, -0.15) is 0 Å². The Hall–Kier alpha value is 0.0400. The Morgan fingerprint density at radius 1 is 1.33 bits per heavy atom. The summed E-state index contributed by atoms with van der Waals surface area (Å²) in [6, 6.07) is 6.14. The fourth-order valence-electron chi connectivity index (χ4n) is 0.793. The van der Waals surface area contributed by atoms with E-state index in [0.717, 1.165) is 0 Å². The van der Waals surface area contributed by atoms with Gasteiger partial charge in [0.1, 0.15) is 0 Å². The van der Waals surface area contributed by atoms with Crippen LogP contribution in [-0.2, 0) is 5.92 Å². The molecular formula is C8H6Br2F2. The molecular weight excluding hydrogens is 294 g/mol. The summed E-state index contributed by atoms with van der Waals surface area (Å²) < 4.78 is 26.7. The van der Waals surface area contributed by atoms with Crippen LogP contribution in [0.1, 0.15) is 5.56 Å². The molecule has 66 valence electrons. The largest absolute Gasteiger partial charge is 0.282 e. The van der Waals surface area contributed by atoms with E-state index in [4.69, 9.17) is 0 Å². The maximum Gasteiger partial charge on any atom is 0.282 e. The van der Waals surface area contributed by atoms with Crippen molar-refractivity contribution in [2.24, 2.45) is 0 Å². The molecule has 0 aliphatic carbocycles. The second kappa shape index (κ2) is 3.83. The third-order valence-corrected chi connectivity index (χ3v) is 2.61. The lowest BCUT2D eigenvalue weighted by molar-refractivity contribution is 0.0245. The average molecular weight is 300 g/mol. The minimum absolute atomic E-state index is 0.0220. The molecule has 0 saturated carbocycles. The van der Waals surface area contributed by atoms with Gasteiger partial charge in [-0.25, -0.2) is 8.78 Å². The Balaban J connectivity index is 3.03. The van der Waals surface area contributed by atoms with E-state index in [1.165, 1.54) is 12.1 Å². The lowest BCUT2D eigenvalue weighted by Gasteiger charge is -2.13. The van der Waals surface area contributed by atoms with Gasteiger partial charge in [-0.05, 0) is 12.1 Å². The molecule has 1 rings (SSSR count). The minimum atomic E-state index is -2.79. The van der Waals surface area contributed by atoms with Crippen molar-refractivity contribution in [2.75, 3.05) is 5.33 Å². The fourth-order valence-corrected chi connectivity index (χ4v) is 1.52. The molecule has 0 bridgehead atoms. The van der Waals surface area contributed by atoms with E-state index in [2.05, 4.69) is 31.9 Å². The SMILES string of the molecule is FC(F)(CBr)c1cccc(Br)c1. The highest BCUT2D eigenvalue weighted by Crippen LogP contribution is 2.31. The number of hydrogen-bond donors (Lipinski definition) is 0. The minimum Gasteiger partial charge on any atom is -0.200 e. The van der Waals surface area contributed by atoms with Crippen LogP contribution in [0, 0.1) is 0 Å². The second-order valence-electron chi connectivity index (χ2n) is 2.35. The maximum absolute atomic E-state index is 13.0. The number of benzene rings is 1. The fraction of sp³-hybridized carbons (Fsp3) is 0.250. The van der Waals surface area contributed by atoms with Crippen molar-refractivity contribution < 1.29 is 8.78 Å². The van der Waals surface area contributed by atoms with Gasteiger partial charge >= 0.3 is 0 Å². The summed E-state index contributed by atoms with van der Waals surface area (Å²) in [6.45, 7) is 0. The smallest absolute Gasteiger partial charge is 0.200 e. The molecule has 4 heteroatoms. The van der Waals surface area contributed by atoms with E-state index < -0.39 is 5.92 Å². The molecule has 1 aromatic rings. The monoisotopic (exact) mass is 298 g/mol. The molecule has 0 saturated heterocycles. The first-order valence-electron chi connectivity index (χ1n) is 3.26. The zero-order valence-corrected chi connectivity index (χ0v) is 9.20. The van der Waals surface area contributed by atoms with Crippen molar-refractivity contribution in [2.45, 2.75) is 5.92 Å². The Labute approximate surface area is 86.2 Å². The van der Waals surface area contributed by atoms with Crippen LogP contribution in [0.4, 0.5) is 8.78 Å². The van der Waals surface area contributed by atoms with Crippen LogP contribution in [0.5, 0.6) is 0 Å². The molecule has 0 radical (unpaired) electrons. The van der Waals surface area contributed by atoms with Crippen molar-refractivity contribution in [3.63, 3.8) is 0 Å². The van der Waals surface area contributed by atoms with E-state index in [-0.39, 0.29) is 10.9 Å². The number of rotatable bonds is 2. The first-order valence-corrected chi connectivity index (χ1v) is 5.17. The van der Waals surface area contributed by atoms with Crippen molar-refractivity contribution in [1.29, 1.82) is 0 Å². The lowest BCUT2D eigenvalue weighted by atomic mass is 10.1. The first-order chi connectivity index (χ1) is 5.56. The summed E-state index contributed by atoms with van der Waals surface area (Å²) in [5.41, 5.74) is 0.0220. The third-order valence-electron chi connectivity index (χ3n) is 1.41. The molecule has 0 heterocycles. The van der Waals surface area contributed by atoms with E-state index >= 15 is 0 Å². The van der Waals surface area contributed by atoms with Gasteiger partial charge in [-0.15, -0.1) is 0 Å². The lowest BCUT2D eigenvalue weighted by Crippen LogP contribution is -2.14. The molecule has 0 N–H and O–H groups in total. The van der Waals surface area contributed by atoms with Crippen LogP contribution in [0.2, 0.25) is 0 Å². The first kappa shape index (κ1) is 10.1. The van der Waals surface area contributed by atoms with Gasteiger partial charge in [0.25, 0.3) is 5.92 Å². The van der Waals surface area contributed by atoms with Crippen molar-refractivity contribution in [1.82, 2.24) is 0 Å².